The lowest BCUT2D eigenvalue weighted by atomic mass is 10.1. The van der Waals surface area contributed by atoms with Crippen LogP contribution in [-0.2, 0) is 11.3 Å². The van der Waals surface area contributed by atoms with Crippen LogP contribution in [0, 0.1) is 0 Å². The molecule has 4 rings (SSSR count). The summed E-state index contributed by atoms with van der Waals surface area (Å²) in [5.41, 5.74) is 1.08. The van der Waals surface area contributed by atoms with Crippen LogP contribution in [0.5, 0.6) is 28.7 Å². The molecule has 0 bridgehead atoms. The minimum atomic E-state index is -0.322. The van der Waals surface area contributed by atoms with Gasteiger partial charge in [-0.3, -0.25) is 9.59 Å². The molecule has 33 heavy (non-hydrogen) atoms. The molecule has 0 fully saturated rings. The van der Waals surface area contributed by atoms with Crippen LogP contribution in [0.1, 0.15) is 0 Å². The van der Waals surface area contributed by atoms with Gasteiger partial charge in [0.05, 0.1) is 26.5 Å². The van der Waals surface area contributed by atoms with Gasteiger partial charge in [-0.15, -0.1) is 0 Å². The fraction of sp³-hybridized carbons (Fsp3) is 0.261. The van der Waals surface area contributed by atoms with Crippen molar-refractivity contribution < 1.29 is 28.5 Å². The van der Waals surface area contributed by atoms with Gasteiger partial charge in [-0.05, 0) is 36.4 Å². The summed E-state index contributed by atoms with van der Waals surface area (Å²) in [6.45, 7) is 0.412. The largest absolute Gasteiger partial charge is 0.493 e. The highest BCUT2D eigenvalue weighted by Gasteiger charge is 2.14. The average molecular weight is 453 g/mol. The lowest BCUT2D eigenvalue weighted by molar-refractivity contribution is -0.123. The third-order valence-electron chi connectivity index (χ3n) is 4.91. The molecule has 0 radical (unpaired) electrons. The first-order chi connectivity index (χ1) is 16.1. The van der Waals surface area contributed by atoms with Gasteiger partial charge in [-0.2, -0.15) is 5.10 Å². The molecule has 0 saturated heterocycles. The van der Waals surface area contributed by atoms with Gasteiger partial charge in [0, 0.05) is 24.2 Å². The molecule has 1 aliphatic heterocycles. The predicted octanol–water partition coefficient (Wildman–Crippen LogP) is 1.85. The van der Waals surface area contributed by atoms with Crippen LogP contribution in [0.3, 0.4) is 0 Å². The van der Waals surface area contributed by atoms with Crippen LogP contribution in [0.25, 0.3) is 11.3 Å². The number of ether oxygens (including phenoxy) is 5. The van der Waals surface area contributed by atoms with Gasteiger partial charge in [0.2, 0.25) is 6.79 Å². The van der Waals surface area contributed by atoms with E-state index in [2.05, 4.69) is 10.4 Å². The normalized spacial score (nSPS) is 11.7. The first-order valence-electron chi connectivity index (χ1n) is 10.2. The van der Waals surface area contributed by atoms with Crippen molar-refractivity contribution in [1.82, 2.24) is 15.1 Å². The fourth-order valence-corrected chi connectivity index (χ4v) is 3.23. The Hall–Kier alpha value is -4.21. The molecular formula is C23H23N3O7. The average Bonchev–Trinajstić information content (AvgIpc) is 3.31. The van der Waals surface area contributed by atoms with Crippen molar-refractivity contribution in [2.75, 3.05) is 34.2 Å². The van der Waals surface area contributed by atoms with Crippen LogP contribution in [0.15, 0.2) is 53.3 Å². The van der Waals surface area contributed by atoms with Gasteiger partial charge in [0.25, 0.3) is 11.5 Å². The summed E-state index contributed by atoms with van der Waals surface area (Å²) in [7, 11) is 3.11. The Labute approximate surface area is 189 Å². The standard InChI is InChI=1S/C23H23N3O7/c1-29-18-6-3-15(11-20(18)30-2)17-5-8-23(28)26(25-17)10-9-24-22(27)13-31-16-4-7-19-21(12-16)33-14-32-19/h3-8,11-12H,9-10,13-14H2,1-2H3,(H,24,27). The lowest BCUT2D eigenvalue weighted by Gasteiger charge is -2.11. The molecule has 1 amide bonds. The van der Waals surface area contributed by atoms with Crippen LogP contribution < -0.4 is 34.6 Å². The number of hydrogen-bond donors (Lipinski definition) is 1. The van der Waals surface area contributed by atoms with E-state index in [1.54, 1.807) is 50.6 Å². The molecule has 0 atom stereocenters. The number of fused-ring (bicyclic) bond motifs is 1. The van der Waals surface area contributed by atoms with Crippen molar-refractivity contribution in [2.24, 2.45) is 0 Å². The second kappa shape index (κ2) is 9.94. The highest BCUT2D eigenvalue weighted by atomic mass is 16.7. The molecule has 2 aromatic carbocycles. The second-order valence-corrected chi connectivity index (χ2v) is 7.00. The van der Waals surface area contributed by atoms with Crippen molar-refractivity contribution >= 4 is 5.91 Å². The van der Waals surface area contributed by atoms with Gasteiger partial charge in [0.1, 0.15) is 5.75 Å². The number of amides is 1. The van der Waals surface area contributed by atoms with Gasteiger partial charge >= 0.3 is 0 Å². The molecule has 10 heteroatoms. The Morgan fingerprint density at radius 3 is 2.67 bits per heavy atom. The van der Waals surface area contributed by atoms with Crippen molar-refractivity contribution in [3.05, 3.63) is 58.9 Å². The molecule has 172 valence electrons. The molecule has 10 nitrogen and oxygen atoms in total. The molecule has 0 spiro atoms. The highest BCUT2D eigenvalue weighted by Crippen LogP contribution is 2.35. The minimum Gasteiger partial charge on any atom is -0.493 e. The summed E-state index contributed by atoms with van der Waals surface area (Å²) in [6.07, 6.45) is 0. The van der Waals surface area contributed by atoms with E-state index in [0.717, 1.165) is 5.56 Å². The minimum absolute atomic E-state index is 0.167. The van der Waals surface area contributed by atoms with E-state index >= 15 is 0 Å². The number of nitrogens with one attached hydrogen (secondary N) is 1. The number of benzene rings is 2. The molecule has 1 aromatic heterocycles. The first kappa shape index (κ1) is 22.0. The van der Waals surface area contributed by atoms with Gasteiger partial charge in [0.15, 0.2) is 29.6 Å². The van der Waals surface area contributed by atoms with Gasteiger partial charge in [-0.1, -0.05) is 0 Å². The number of rotatable bonds is 9. The summed E-state index contributed by atoms with van der Waals surface area (Å²) in [5, 5.41) is 7.11. The highest BCUT2D eigenvalue weighted by molar-refractivity contribution is 5.77. The third-order valence-corrected chi connectivity index (χ3v) is 4.91. The zero-order chi connectivity index (χ0) is 23.2. The van der Waals surface area contributed by atoms with Crippen molar-refractivity contribution in [3.8, 4) is 40.0 Å². The van der Waals surface area contributed by atoms with Crippen molar-refractivity contribution in [3.63, 3.8) is 0 Å². The number of aromatic nitrogens is 2. The Bertz CT molecular complexity index is 1210. The Morgan fingerprint density at radius 2 is 1.85 bits per heavy atom. The Balaban J connectivity index is 1.33. The number of carbonyl (C=O) groups is 1. The maximum atomic E-state index is 12.2. The molecule has 0 aliphatic carbocycles. The summed E-state index contributed by atoms with van der Waals surface area (Å²) < 4.78 is 27.9. The van der Waals surface area contributed by atoms with Crippen LogP contribution >= 0.6 is 0 Å². The first-order valence-corrected chi connectivity index (χ1v) is 10.2. The van der Waals surface area contributed by atoms with Crippen molar-refractivity contribution in [1.29, 1.82) is 0 Å². The van der Waals surface area contributed by atoms with Gasteiger partial charge in [-0.25, -0.2) is 4.68 Å². The zero-order valence-corrected chi connectivity index (χ0v) is 18.2. The number of methoxy groups -OCH3 is 2. The SMILES string of the molecule is COc1ccc(-c2ccc(=O)n(CCNC(=O)COc3ccc4c(c3)OCO4)n2)cc1OC. The molecule has 2 heterocycles. The lowest BCUT2D eigenvalue weighted by Crippen LogP contribution is -2.34. The fourth-order valence-electron chi connectivity index (χ4n) is 3.23. The molecule has 1 aliphatic rings. The second-order valence-electron chi connectivity index (χ2n) is 7.00. The molecule has 0 saturated carbocycles. The van der Waals surface area contributed by atoms with E-state index in [4.69, 9.17) is 23.7 Å². The summed E-state index contributed by atoms with van der Waals surface area (Å²) in [6, 6.07) is 13.5. The summed E-state index contributed by atoms with van der Waals surface area (Å²) in [4.78, 5) is 24.3. The monoisotopic (exact) mass is 453 g/mol. The maximum absolute atomic E-state index is 12.2. The van der Waals surface area contributed by atoms with Crippen molar-refractivity contribution in [2.45, 2.75) is 6.54 Å². The quantitative estimate of drug-likeness (QED) is 0.523. The van der Waals surface area contributed by atoms with E-state index < -0.39 is 0 Å². The van der Waals surface area contributed by atoms with Crippen LogP contribution in [0.2, 0.25) is 0 Å². The van der Waals surface area contributed by atoms with Crippen LogP contribution in [0.4, 0.5) is 0 Å². The third kappa shape index (κ3) is 5.17. The predicted molar refractivity (Wildman–Crippen MR) is 118 cm³/mol. The van der Waals surface area contributed by atoms with Crippen LogP contribution in [-0.4, -0.2) is 49.9 Å². The van der Waals surface area contributed by atoms with Gasteiger partial charge < -0.3 is 29.0 Å². The summed E-state index contributed by atoms with van der Waals surface area (Å²) >= 11 is 0. The molecule has 1 N–H and O–H groups in total. The van der Waals surface area contributed by atoms with E-state index in [9.17, 15) is 9.59 Å². The van der Waals surface area contributed by atoms with E-state index in [1.807, 2.05) is 6.07 Å². The zero-order valence-electron chi connectivity index (χ0n) is 18.2. The molecule has 3 aromatic rings. The number of hydrogen-bond acceptors (Lipinski definition) is 8. The van der Waals surface area contributed by atoms with E-state index in [-0.39, 0.29) is 38.0 Å². The topological polar surface area (TPSA) is 110 Å². The number of nitrogens with zero attached hydrogens (tertiary/aromatic N) is 2. The smallest absolute Gasteiger partial charge is 0.266 e. The molecular weight excluding hydrogens is 430 g/mol. The summed E-state index contributed by atoms with van der Waals surface area (Å²) in [5.74, 6) is 2.55. The molecule has 0 unspecified atom stereocenters. The number of carbonyl (C=O) groups excluding carboxylic acids is 1. The van der Waals surface area contributed by atoms with E-state index in [1.165, 1.54) is 10.7 Å². The Morgan fingerprint density at radius 1 is 1.03 bits per heavy atom. The maximum Gasteiger partial charge on any atom is 0.266 e. The Kier molecular flexibility index (Phi) is 6.63. The van der Waals surface area contributed by atoms with E-state index in [0.29, 0.717) is 34.4 Å².